The number of ether oxygens (including phenoxy) is 1. The Morgan fingerprint density at radius 3 is 2.36 bits per heavy atom. The summed E-state index contributed by atoms with van der Waals surface area (Å²) in [4.78, 5) is 28.5. The summed E-state index contributed by atoms with van der Waals surface area (Å²) in [5, 5.41) is 0. The van der Waals surface area contributed by atoms with Gasteiger partial charge >= 0.3 is 6.09 Å². The molecule has 158 valence electrons. The monoisotopic (exact) mass is 390 g/mol. The Kier molecular flexibility index (Phi) is 7.00. The molecule has 5 nitrogen and oxygen atoms in total. The van der Waals surface area contributed by atoms with E-state index in [1.165, 1.54) is 17.6 Å². The van der Waals surface area contributed by atoms with E-state index in [2.05, 4.69) is 20.8 Å². The summed E-state index contributed by atoms with van der Waals surface area (Å²) in [7, 11) is 1.87. The minimum absolute atomic E-state index is 0.0393. The second-order valence-corrected chi connectivity index (χ2v) is 9.91. The van der Waals surface area contributed by atoms with E-state index in [4.69, 9.17) is 4.74 Å². The molecule has 2 aliphatic rings. The molecule has 0 saturated carbocycles. The molecule has 28 heavy (non-hydrogen) atoms. The Bertz CT molecular complexity index is 647. The van der Waals surface area contributed by atoms with Gasteiger partial charge in [0.05, 0.1) is 0 Å². The first kappa shape index (κ1) is 22.5. The molecule has 5 heteroatoms. The third kappa shape index (κ3) is 5.86. The number of nitrogens with zero attached hydrogens (tertiary/aromatic N) is 2. The van der Waals surface area contributed by atoms with Crippen LogP contribution in [0.3, 0.4) is 0 Å². The number of rotatable bonds is 3. The number of piperidine rings is 1. The van der Waals surface area contributed by atoms with Crippen LogP contribution in [0.1, 0.15) is 73.6 Å². The van der Waals surface area contributed by atoms with Gasteiger partial charge in [0.15, 0.2) is 0 Å². The molecule has 0 bridgehead atoms. The van der Waals surface area contributed by atoms with Gasteiger partial charge < -0.3 is 14.5 Å². The lowest BCUT2D eigenvalue weighted by molar-refractivity contribution is -0.127. The van der Waals surface area contributed by atoms with Crippen molar-refractivity contribution in [1.29, 1.82) is 0 Å². The zero-order valence-electron chi connectivity index (χ0n) is 18.8. The second kappa shape index (κ2) is 8.71. The zero-order chi connectivity index (χ0) is 21.1. The fourth-order valence-electron chi connectivity index (χ4n) is 4.22. The van der Waals surface area contributed by atoms with Crippen molar-refractivity contribution in [3.8, 4) is 0 Å². The number of amides is 2. The van der Waals surface area contributed by atoms with E-state index < -0.39 is 5.60 Å². The standard InChI is InChI=1S/C23H38N2O3/c1-17-9-8-14-23(5,6)19(17)10-11-20(26)24(7)18-12-15-25(16-13-18)21(27)28-22(2,3)4/h10-11,18H,8-9,12-16H2,1-7H3. The van der Waals surface area contributed by atoms with E-state index in [9.17, 15) is 9.59 Å². The van der Waals surface area contributed by atoms with Crippen molar-refractivity contribution < 1.29 is 14.3 Å². The maximum absolute atomic E-state index is 12.7. The smallest absolute Gasteiger partial charge is 0.410 e. The largest absolute Gasteiger partial charge is 0.444 e. The molecular formula is C23H38N2O3. The summed E-state index contributed by atoms with van der Waals surface area (Å²) in [6, 6.07) is 0.158. The van der Waals surface area contributed by atoms with Gasteiger partial charge in [-0.05, 0) is 70.8 Å². The van der Waals surface area contributed by atoms with Crippen molar-refractivity contribution in [3.63, 3.8) is 0 Å². The fourth-order valence-corrected chi connectivity index (χ4v) is 4.22. The molecule has 2 amide bonds. The van der Waals surface area contributed by atoms with E-state index in [-0.39, 0.29) is 23.5 Å². The van der Waals surface area contributed by atoms with E-state index in [0.717, 1.165) is 25.7 Å². The van der Waals surface area contributed by atoms with Crippen molar-refractivity contribution in [3.05, 3.63) is 23.3 Å². The first-order valence-corrected chi connectivity index (χ1v) is 10.5. The van der Waals surface area contributed by atoms with Gasteiger partial charge in [-0.3, -0.25) is 4.79 Å². The SMILES string of the molecule is CC1=C(C=CC(=O)N(C)C2CCN(C(=O)OC(C)(C)C)CC2)C(C)(C)CCC1. The van der Waals surface area contributed by atoms with Gasteiger partial charge in [-0.25, -0.2) is 4.79 Å². The van der Waals surface area contributed by atoms with Gasteiger partial charge in [0.25, 0.3) is 0 Å². The van der Waals surface area contributed by atoms with Crippen LogP contribution in [0.5, 0.6) is 0 Å². The Balaban J connectivity index is 1.92. The molecule has 0 atom stereocenters. The van der Waals surface area contributed by atoms with E-state index in [1.54, 1.807) is 11.0 Å². The predicted octanol–water partition coefficient (Wildman–Crippen LogP) is 4.93. The molecule has 1 aliphatic carbocycles. The highest BCUT2D eigenvalue weighted by molar-refractivity contribution is 5.88. The van der Waals surface area contributed by atoms with Crippen molar-refractivity contribution in [1.82, 2.24) is 9.80 Å². The molecule has 1 fully saturated rings. The van der Waals surface area contributed by atoms with Crippen LogP contribution in [0.4, 0.5) is 4.79 Å². The number of likely N-dealkylation sites (tertiary alicyclic amines) is 1. The van der Waals surface area contributed by atoms with Crippen molar-refractivity contribution in [2.24, 2.45) is 5.41 Å². The molecule has 1 heterocycles. The fraction of sp³-hybridized carbons (Fsp3) is 0.739. The zero-order valence-corrected chi connectivity index (χ0v) is 18.8. The summed E-state index contributed by atoms with van der Waals surface area (Å²) in [5.74, 6) is 0.0393. The van der Waals surface area contributed by atoms with Crippen molar-refractivity contribution in [2.75, 3.05) is 20.1 Å². The maximum atomic E-state index is 12.7. The lowest BCUT2D eigenvalue weighted by atomic mass is 9.72. The molecule has 1 saturated heterocycles. The molecule has 0 aromatic carbocycles. The summed E-state index contributed by atoms with van der Waals surface area (Å²) in [6.07, 6.45) is 8.57. The highest BCUT2D eigenvalue weighted by atomic mass is 16.6. The van der Waals surface area contributed by atoms with Crippen LogP contribution in [0.15, 0.2) is 23.3 Å². The van der Waals surface area contributed by atoms with Crippen LogP contribution >= 0.6 is 0 Å². The molecule has 1 aliphatic heterocycles. The average Bonchev–Trinajstić information content (AvgIpc) is 2.58. The summed E-state index contributed by atoms with van der Waals surface area (Å²) in [5.41, 5.74) is 2.36. The van der Waals surface area contributed by atoms with Gasteiger partial charge in [-0.2, -0.15) is 0 Å². The topological polar surface area (TPSA) is 49.9 Å². The maximum Gasteiger partial charge on any atom is 0.410 e. The molecule has 0 radical (unpaired) electrons. The Hall–Kier alpha value is -1.78. The third-order valence-electron chi connectivity index (χ3n) is 5.95. The third-order valence-corrected chi connectivity index (χ3v) is 5.95. The molecule has 0 aromatic rings. The first-order valence-electron chi connectivity index (χ1n) is 10.5. The second-order valence-electron chi connectivity index (χ2n) is 9.91. The van der Waals surface area contributed by atoms with Crippen LogP contribution in [0.2, 0.25) is 0 Å². The highest BCUT2D eigenvalue weighted by Crippen LogP contribution is 2.40. The van der Waals surface area contributed by atoms with Crippen LogP contribution in [0, 0.1) is 5.41 Å². The highest BCUT2D eigenvalue weighted by Gasteiger charge is 2.30. The normalized spacial score (nSPS) is 21.2. The molecule has 2 rings (SSSR count). The van der Waals surface area contributed by atoms with Gasteiger partial charge in [-0.1, -0.05) is 25.5 Å². The molecule has 0 unspecified atom stereocenters. The lowest BCUT2D eigenvalue weighted by Crippen LogP contribution is -2.48. The molecule has 0 aromatic heterocycles. The number of allylic oxidation sites excluding steroid dienone is 3. The lowest BCUT2D eigenvalue weighted by Gasteiger charge is -2.37. The Morgan fingerprint density at radius 1 is 1.21 bits per heavy atom. The quantitative estimate of drug-likeness (QED) is 0.642. The summed E-state index contributed by atoms with van der Waals surface area (Å²) >= 11 is 0. The molecular weight excluding hydrogens is 352 g/mol. The van der Waals surface area contributed by atoms with Gasteiger partial charge in [-0.15, -0.1) is 0 Å². The van der Waals surface area contributed by atoms with Gasteiger partial charge in [0, 0.05) is 32.3 Å². The molecule has 0 N–H and O–H groups in total. The Morgan fingerprint density at radius 2 is 1.82 bits per heavy atom. The number of hydrogen-bond donors (Lipinski definition) is 0. The van der Waals surface area contributed by atoms with Crippen molar-refractivity contribution in [2.45, 2.75) is 85.3 Å². The Labute approximate surface area is 170 Å². The van der Waals surface area contributed by atoms with E-state index in [0.29, 0.717) is 13.1 Å². The van der Waals surface area contributed by atoms with Gasteiger partial charge in [0.2, 0.25) is 5.91 Å². The van der Waals surface area contributed by atoms with Crippen LogP contribution < -0.4 is 0 Å². The van der Waals surface area contributed by atoms with Crippen LogP contribution in [0.25, 0.3) is 0 Å². The number of carbonyl (C=O) groups is 2. The average molecular weight is 391 g/mol. The number of hydrogen-bond acceptors (Lipinski definition) is 3. The van der Waals surface area contributed by atoms with Crippen LogP contribution in [-0.2, 0) is 9.53 Å². The minimum atomic E-state index is -0.481. The number of carbonyl (C=O) groups excluding carboxylic acids is 2. The number of likely N-dealkylation sites (N-methyl/N-ethyl adjacent to an activating group) is 1. The van der Waals surface area contributed by atoms with E-state index >= 15 is 0 Å². The first-order chi connectivity index (χ1) is 12.9. The summed E-state index contributed by atoms with van der Waals surface area (Å²) in [6.45, 7) is 13.6. The van der Waals surface area contributed by atoms with E-state index in [1.807, 2.05) is 38.8 Å². The predicted molar refractivity (Wildman–Crippen MR) is 113 cm³/mol. The molecule has 0 spiro atoms. The van der Waals surface area contributed by atoms with Gasteiger partial charge in [0.1, 0.15) is 5.60 Å². The van der Waals surface area contributed by atoms with Crippen molar-refractivity contribution >= 4 is 12.0 Å². The summed E-state index contributed by atoms with van der Waals surface area (Å²) < 4.78 is 5.45. The minimum Gasteiger partial charge on any atom is -0.444 e. The van der Waals surface area contributed by atoms with Crippen LogP contribution in [-0.4, -0.2) is 53.6 Å².